The number of hydrogen-bond donors (Lipinski definition) is 0. The molecule has 4 rings (SSSR count). The summed E-state index contributed by atoms with van der Waals surface area (Å²) in [6.45, 7) is 4.81. The Morgan fingerprint density at radius 3 is 2.43 bits per heavy atom. The molecular weight excluding hydrogens is 383 g/mol. The van der Waals surface area contributed by atoms with E-state index in [1.807, 2.05) is 4.90 Å². The minimum atomic E-state index is -0.395. The summed E-state index contributed by atoms with van der Waals surface area (Å²) in [5, 5.41) is 0. The molecule has 0 bridgehead atoms. The number of nitrogens with zero attached hydrogens (tertiary/aromatic N) is 2. The topological polar surface area (TPSA) is 49.9 Å². The van der Waals surface area contributed by atoms with Gasteiger partial charge in [0.15, 0.2) is 5.78 Å². The van der Waals surface area contributed by atoms with E-state index in [1.54, 1.807) is 24.3 Å². The van der Waals surface area contributed by atoms with Gasteiger partial charge >= 0.3 is 0 Å². The van der Waals surface area contributed by atoms with Gasteiger partial charge in [-0.15, -0.1) is 0 Å². The van der Waals surface area contributed by atoms with Crippen molar-refractivity contribution in [3.05, 3.63) is 71.0 Å². The third-order valence-corrected chi connectivity index (χ3v) is 5.87. The van der Waals surface area contributed by atoms with Gasteiger partial charge in [0.25, 0.3) is 5.91 Å². The average Bonchev–Trinajstić information content (AvgIpc) is 3.17. The summed E-state index contributed by atoms with van der Waals surface area (Å²) in [6.07, 6.45) is 3.44. The van der Waals surface area contributed by atoms with Gasteiger partial charge in [-0.2, -0.15) is 0 Å². The van der Waals surface area contributed by atoms with E-state index in [0.717, 1.165) is 45.5 Å². The first-order chi connectivity index (χ1) is 14.6. The lowest BCUT2D eigenvalue weighted by Gasteiger charge is -2.24. The molecule has 0 saturated carbocycles. The first-order valence-corrected chi connectivity index (χ1v) is 10.6. The number of amides is 1. The van der Waals surface area contributed by atoms with E-state index in [0.29, 0.717) is 35.9 Å². The average molecular weight is 410 g/mol. The molecule has 0 spiro atoms. The Hall–Kier alpha value is -2.57. The highest BCUT2D eigenvalue weighted by molar-refractivity contribution is 6.15. The maximum Gasteiger partial charge on any atom is 0.254 e. The highest BCUT2D eigenvalue weighted by atomic mass is 19.1. The number of ether oxygens (including phenoxy) is 1. The van der Waals surface area contributed by atoms with Crippen LogP contribution in [0.5, 0.6) is 0 Å². The summed E-state index contributed by atoms with van der Waals surface area (Å²) in [7, 11) is 0. The predicted molar refractivity (Wildman–Crippen MR) is 112 cm³/mol. The molecule has 2 aliphatic rings. The largest absolute Gasteiger partial charge is 0.377 e. The lowest BCUT2D eigenvalue weighted by molar-refractivity contribution is 0.0702. The maximum absolute atomic E-state index is 13.3. The molecule has 158 valence electrons. The van der Waals surface area contributed by atoms with E-state index in [9.17, 15) is 14.0 Å². The van der Waals surface area contributed by atoms with Crippen molar-refractivity contribution < 1.29 is 18.7 Å². The molecule has 2 aromatic carbocycles. The van der Waals surface area contributed by atoms with Crippen LogP contribution in [-0.4, -0.2) is 66.9 Å². The summed E-state index contributed by atoms with van der Waals surface area (Å²) in [6, 6.07) is 12.3. The third-order valence-electron chi connectivity index (χ3n) is 5.87. The first-order valence-electron chi connectivity index (χ1n) is 10.6. The van der Waals surface area contributed by atoms with Crippen molar-refractivity contribution in [3.63, 3.8) is 0 Å². The van der Waals surface area contributed by atoms with E-state index < -0.39 is 5.82 Å². The van der Waals surface area contributed by atoms with Crippen LogP contribution in [0.4, 0.5) is 4.39 Å². The van der Waals surface area contributed by atoms with Gasteiger partial charge in [0.2, 0.25) is 0 Å². The number of ketones is 1. The molecule has 0 unspecified atom stereocenters. The Morgan fingerprint density at radius 2 is 1.70 bits per heavy atom. The van der Waals surface area contributed by atoms with Gasteiger partial charge in [-0.3, -0.25) is 14.5 Å². The fraction of sp³-hybridized carbons (Fsp3) is 0.417. The highest BCUT2D eigenvalue weighted by Gasteiger charge is 2.26. The molecule has 2 fully saturated rings. The zero-order valence-corrected chi connectivity index (χ0v) is 17.1. The van der Waals surface area contributed by atoms with E-state index in [2.05, 4.69) is 4.90 Å². The van der Waals surface area contributed by atoms with Gasteiger partial charge in [-0.1, -0.05) is 18.2 Å². The van der Waals surface area contributed by atoms with Gasteiger partial charge in [-0.05, 0) is 56.1 Å². The van der Waals surface area contributed by atoms with Crippen molar-refractivity contribution in [2.45, 2.75) is 25.4 Å². The second-order valence-electron chi connectivity index (χ2n) is 7.96. The first kappa shape index (κ1) is 20.7. The summed E-state index contributed by atoms with van der Waals surface area (Å²) in [4.78, 5) is 30.5. The molecule has 6 heteroatoms. The Bertz CT molecular complexity index is 894. The van der Waals surface area contributed by atoms with Crippen LogP contribution in [0.3, 0.4) is 0 Å². The molecule has 1 atom stereocenters. The highest BCUT2D eigenvalue weighted by Crippen LogP contribution is 2.19. The summed E-state index contributed by atoms with van der Waals surface area (Å²) in [5.41, 5.74) is 1.13. The van der Waals surface area contributed by atoms with Crippen LogP contribution in [0.25, 0.3) is 0 Å². The normalized spacial score (nSPS) is 20.2. The number of hydrogen-bond acceptors (Lipinski definition) is 4. The second kappa shape index (κ2) is 9.49. The van der Waals surface area contributed by atoms with Crippen molar-refractivity contribution in [1.29, 1.82) is 0 Å². The number of carbonyl (C=O) groups excluding carboxylic acids is 2. The molecule has 5 nitrogen and oxygen atoms in total. The molecule has 2 aromatic rings. The second-order valence-corrected chi connectivity index (χ2v) is 7.96. The molecule has 2 aliphatic heterocycles. The number of rotatable bonds is 5. The van der Waals surface area contributed by atoms with Crippen molar-refractivity contribution >= 4 is 11.7 Å². The maximum atomic E-state index is 13.3. The minimum Gasteiger partial charge on any atom is -0.377 e. The quantitative estimate of drug-likeness (QED) is 0.709. The van der Waals surface area contributed by atoms with Gasteiger partial charge < -0.3 is 9.64 Å². The minimum absolute atomic E-state index is 0.125. The van der Waals surface area contributed by atoms with E-state index >= 15 is 0 Å². The zero-order chi connectivity index (χ0) is 20.9. The lowest BCUT2D eigenvalue weighted by Crippen LogP contribution is -2.38. The number of benzene rings is 2. The van der Waals surface area contributed by atoms with Crippen LogP contribution in [0.2, 0.25) is 0 Å². The van der Waals surface area contributed by atoms with Gasteiger partial charge in [-0.25, -0.2) is 4.39 Å². The molecule has 0 aromatic heterocycles. The van der Waals surface area contributed by atoms with Crippen LogP contribution in [0.15, 0.2) is 48.5 Å². The molecule has 2 heterocycles. The fourth-order valence-corrected chi connectivity index (χ4v) is 4.23. The predicted octanol–water partition coefficient (Wildman–Crippen LogP) is 3.38. The Kier molecular flexibility index (Phi) is 6.55. The van der Waals surface area contributed by atoms with E-state index in [1.165, 1.54) is 24.3 Å². The molecule has 0 aliphatic carbocycles. The molecule has 30 heavy (non-hydrogen) atoms. The van der Waals surface area contributed by atoms with E-state index in [-0.39, 0.29) is 11.7 Å². The van der Waals surface area contributed by atoms with Crippen LogP contribution in [0.1, 0.15) is 45.5 Å². The van der Waals surface area contributed by atoms with Crippen molar-refractivity contribution in [2.24, 2.45) is 0 Å². The molecule has 0 N–H and O–H groups in total. The van der Waals surface area contributed by atoms with E-state index in [4.69, 9.17) is 4.74 Å². The van der Waals surface area contributed by atoms with Gasteiger partial charge in [0.05, 0.1) is 11.7 Å². The monoisotopic (exact) mass is 410 g/mol. The SMILES string of the molecule is O=C(c1ccc(F)cc1)c1ccccc1C(=O)N1CCCN(C[C@H]2CCCO2)CC1. The van der Waals surface area contributed by atoms with Gasteiger partial charge in [0, 0.05) is 43.9 Å². The number of halogens is 1. The van der Waals surface area contributed by atoms with Gasteiger partial charge in [0.1, 0.15) is 5.82 Å². The standard InChI is InChI=1S/C24H27FN2O3/c25-19-10-8-18(9-11-19)23(28)21-6-1-2-7-22(21)24(29)27-13-4-12-26(14-15-27)17-20-5-3-16-30-20/h1-2,6-11,20H,3-5,12-17H2/t20-/m1/s1. The summed E-state index contributed by atoms with van der Waals surface area (Å²) in [5.74, 6) is -0.790. The third kappa shape index (κ3) is 4.77. The summed E-state index contributed by atoms with van der Waals surface area (Å²) < 4.78 is 19.0. The Labute approximate surface area is 176 Å². The molecule has 0 radical (unpaired) electrons. The Morgan fingerprint density at radius 1 is 0.933 bits per heavy atom. The van der Waals surface area contributed by atoms with Crippen molar-refractivity contribution in [1.82, 2.24) is 9.80 Å². The zero-order valence-electron chi connectivity index (χ0n) is 17.1. The van der Waals surface area contributed by atoms with Crippen LogP contribution >= 0.6 is 0 Å². The Balaban J connectivity index is 1.46. The van der Waals surface area contributed by atoms with Crippen LogP contribution < -0.4 is 0 Å². The molecule has 1 amide bonds. The van der Waals surface area contributed by atoms with Crippen molar-refractivity contribution in [3.8, 4) is 0 Å². The van der Waals surface area contributed by atoms with Crippen LogP contribution in [0, 0.1) is 5.82 Å². The smallest absolute Gasteiger partial charge is 0.254 e. The molecule has 2 saturated heterocycles. The fourth-order valence-electron chi connectivity index (χ4n) is 4.23. The van der Waals surface area contributed by atoms with Crippen molar-refractivity contribution in [2.75, 3.05) is 39.3 Å². The lowest BCUT2D eigenvalue weighted by atomic mass is 9.97. The van der Waals surface area contributed by atoms with Crippen LogP contribution in [-0.2, 0) is 4.74 Å². The summed E-state index contributed by atoms with van der Waals surface area (Å²) >= 11 is 0. The number of carbonyl (C=O) groups is 2. The molecular formula is C24H27FN2O3.